The van der Waals surface area contributed by atoms with Crippen LogP contribution in [0.2, 0.25) is 0 Å². The summed E-state index contributed by atoms with van der Waals surface area (Å²) in [4.78, 5) is 0. The fourth-order valence-electron chi connectivity index (χ4n) is 2.70. The molecule has 0 fully saturated rings. The number of allylic oxidation sites excluding steroid dienone is 2. The molecule has 132 valence electrons. The summed E-state index contributed by atoms with van der Waals surface area (Å²) < 4.78 is 5.49. The van der Waals surface area contributed by atoms with Gasteiger partial charge in [0.25, 0.3) is 0 Å². The summed E-state index contributed by atoms with van der Waals surface area (Å²) in [5.74, 6) is 0. The Morgan fingerprint density at radius 2 is 1.00 bits per heavy atom. The number of ether oxygens (including phenoxy) is 1. The van der Waals surface area contributed by atoms with Crippen LogP contribution in [0.3, 0.4) is 0 Å². The third-order valence-corrected chi connectivity index (χ3v) is 4.15. The van der Waals surface area contributed by atoms with Crippen molar-refractivity contribution in [1.29, 1.82) is 0 Å². The van der Waals surface area contributed by atoms with Gasteiger partial charge >= 0.3 is 0 Å². The molecule has 0 rings (SSSR count). The summed E-state index contributed by atoms with van der Waals surface area (Å²) in [5.41, 5.74) is 0. The summed E-state index contributed by atoms with van der Waals surface area (Å²) in [6.45, 7) is 6.35. The molecule has 0 bridgehead atoms. The molecule has 0 saturated heterocycles. The summed E-state index contributed by atoms with van der Waals surface area (Å²) in [7, 11) is 0. The van der Waals surface area contributed by atoms with Crippen LogP contribution in [-0.2, 0) is 4.74 Å². The second-order valence-corrected chi connectivity index (χ2v) is 6.55. The predicted octanol–water partition coefficient (Wildman–Crippen LogP) is 7.45. The van der Waals surface area contributed by atoms with Crippen LogP contribution in [0.5, 0.6) is 0 Å². The van der Waals surface area contributed by atoms with Crippen molar-refractivity contribution < 1.29 is 4.74 Å². The summed E-state index contributed by atoms with van der Waals surface area (Å²) in [5, 5.41) is 0. The largest absolute Gasteiger partial charge is 0.381 e. The Hall–Kier alpha value is -0.300. The molecule has 0 amide bonds. The molecule has 0 saturated carbocycles. The van der Waals surface area contributed by atoms with Gasteiger partial charge in [-0.15, -0.1) is 0 Å². The van der Waals surface area contributed by atoms with E-state index in [-0.39, 0.29) is 0 Å². The monoisotopic (exact) mass is 310 g/mol. The van der Waals surface area contributed by atoms with E-state index >= 15 is 0 Å². The van der Waals surface area contributed by atoms with Crippen LogP contribution >= 0.6 is 0 Å². The lowest BCUT2D eigenvalue weighted by Gasteiger charge is -2.02. The molecule has 0 spiro atoms. The van der Waals surface area contributed by atoms with Crippen LogP contribution in [0.4, 0.5) is 0 Å². The molecule has 1 nitrogen and oxygen atoms in total. The van der Waals surface area contributed by atoms with Crippen molar-refractivity contribution in [3.05, 3.63) is 12.2 Å². The normalized spacial score (nSPS) is 11.5. The quantitative estimate of drug-likeness (QED) is 0.189. The molecule has 0 radical (unpaired) electrons. The van der Waals surface area contributed by atoms with Gasteiger partial charge in [0.1, 0.15) is 0 Å². The first-order valence-electron chi connectivity index (χ1n) is 10.1. The minimum atomic E-state index is 0.936. The first-order chi connectivity index (χ1) is 10.9. The Bertz CT molecular complexity index is 210. The van der Waals surface area contributed by atoms with E-state index in [0.717, 1.165) is 19.6 Å². The summed E-state index contributed by atoms with van der Waals surface area (Å²) in [6.07, 6.45) is 25.2. The minimum Gasteiger partial charge on any atom is -0.381 e. The van der Waals surface area contributed by atoms with Crippen LogP contribution in [0, 0.1) is 0 Å². The maximum absolute atomic E-state index is 5.49. The van der Waals surface area contributed by atoms with Crippen molar-refractivity contribution in [2.24, 2.45) is 0 Å². The zero-order valence-corrected chi connectivity index (χ0v) is 15.6. The number of hydrogen-bond acceptors (Lipinski definition) is 1. The molecule has 0 aromatic carbocycles. The van der Waals surface area contributed by atoms with Gasteiger partial charge in [0, 0.05) is 13.2 Å². The smallest absolute Gasteiger partial charge is 0.0466 e. The van der Waals surface area contributed by atoms with Gasteiger partial charge in [0.05, 0.1) is 0 Å². The van der Waals surface area contributed by atoms with E-state index in [1.807, 2.05) is 0 Å². The Balaban J connectivity index is 3.02. The molecule has 0 aliphatic carbocycles. The highest BCUT2D eigenvalue weighted by atomic mass is 16.5. The van der Waals surface area contributed by atoms with E-state index < -0.39 is 0 Å². The second kappa shape index (κ2) is 20.7. The van der Waals surface area contributed by atoms with Gasteiger partial charge in [-0.2, -0.15) is 0 Å². The van der Waals surface area contributed by atoms with E-state index in [9.17, 15) is 0 Å². The lowest BCUT2D eigenvalue weighted by molar-refractivity contribution is 0.130. The second-order valence-electron chi connectivity index (χ2n) is 6.55. The Labute approximate surface area is 140 Å². The molecule has 0 aromatic heterocycles. The standard InChI is InChI=1S/C21H42O/c1-3-5-6-7-8-9-10-11-12-13-14-15-16-17-18-19-21-22-20-4-2/h11-12H,3-10,13-21H2,1-2H3. The van der Waals surface area contributed by atoms with Crippen molar-refractivity contribution in [3.63, 3.8) is 0 Å². The minimum absolute atomic E-state index is 0.936. The molecule has 0 aliphatic rings. The lowest BCUT2D eigenvalue weighted by atomic mass is 10.1. The molecule has 0 aliphatic heterocycles. The highest BCUT2D eigenvalue weighted by Gasteiger charge is 1.92. The maximum atomic E-state index is 5.49. The van der Waals surface area contributed by atoms with Crippen molar-refractivity contribution in [3.8, 4) is 0 Å². The van der Waals surface area contributed by atoms with E-state index in [1.165, 1.54) is 89.9 Å². The fourth-order valence-corrected chi connectivity index (χ4v) is 2.70. The third kappa shape index (κ3) is 19.7. The van der Waals surface area contributed by atoms with E-state index in [0.29, 0.717) is 0 Å². The van der Waals surface area contributed by atoms with Crippen LogP contribution in [0.1, 0.15) is 110 Å². The molecule has 1 heteroatoms. The Kier molecular flexibility index (Phi) is 20.4. The average molecular weight is 311 g/mol. The molecule has 0 aromatic rings. The van der Waals surface area contributed by atoms with Crippen molar-refractivity contribution in [2.75, 3.05) is 13.2 Å². The average Bonchev–Trinajstić information content (AvgIpc) is 2.54. The van der Waals surface area contributed by atoms with Crippen molar-refractivity contribution in [1.82, 2.24) is 0 Å². The Morgan fingerprint density at radius 3 is 1.55 bits per heavy atom. The first-order valence-corrected chi connectivity index (χ1v) is 10.1. The van der Waals surface area contributed by atoms with Crippen LogP contribution < -0.4 is 0 Å². The highest BCUT2D eigenvalue weighted by molar-refractivity contribution is 4.81. The highest BCUT2D eigenvalue weighted by Crippen LogP contribution is 2.09. The molecular formula is C21H42O. The van der Waals surface area contributed by atoms with Gasteiger partial charge in [0.15, 0.2) is 0 Å². The SMILES string of the molecule is CCCCCCCCC=CCCCCCCCCOCCC. The zero-order valence-electron chi connectivity index (χ0n) is 15.6. The summed E-state index contributed by atoms with van der Waals surface area (Å²) >= 11 is 0. The molecule has 22 heavy (non-hydrogen) atoms. The Morgan fingerprint density at radius 1 is 0.500 bits per heavy atom. The van der Waals surface area contributed by atoms with Crippen LogP contribution in [0.25, 0.3) is 0 Å². The summed E-state index contributed by atoms with van der Waals surface area (Å²) in [6, 6.07) is 0. The van der Waals surface area contributed by atoms with Crippen molar-refractivity contribution >= 4 is 0 Å². The molecule has 0 heterocycles. The predicted molar refractivity (Wildman–Crippen MR) is 101 cm³/mol. The molecule has 0 atom stereocenters. The van der Waals surface area contributed by atoms with Crippen molar-refractivity contribution in [2.45, 2.75) is 110 Å². The van der Waals surface area contributed by atoms with Gasteiger partial charge in [-0.05, 0) is 38.5 Å². The molecular weight excluding hydrogens is 268 g/mol. The van der Waals surface area contributed by atoms with E-state index in [2.05, 4.69) is 26.0 Å². The van der Waals surface area contributed by atoms with E-state index in [4.69, 9.17) is 4.74 Å². The van der Waals surface area contributed by atoms with Gasteiger partial charge < -0.3 is 4.74 Å². The maximum Gasteiger partial charge on any atom is 0.0466 e. The van der Waals surface area contributed by atoms with Crippen LogP contribution in [0.15, 0.2) is 12.2 Å². The topological polar surface area (TPSA) is 9.23 Å². The number of unbranched alkanes of at least 4 members (excludes halogenated alkanes) is 12. The zero-order chi connectivity index (χ0) is 16.1. The van der Waals surface area contributed by atoms with Gasteiger partial charge in [-0.25, -0.2) is 0 Å². The van der Waals surface area contributed by atoms with Gasteiger partial charge in [0.2, 0.25) is 0 Å². The molecule has 0 N–H and O–H groups in total. The third-order valence-electron chi connectivity index (χ3n) is 4.15. The van der Waals surface area contributed by atoms with E-state index in [1.54, 1.807) is 0 Å². The number of hydrogen-bond donors (Lipinski definition) is 0. The van der Waals surface area contributed by atoms with Gasteiger partial charge in [-0.1, -0.05) is 83.8 Å². The molecule has 0 unspecified atom stereocenters. The fraction of sp³-hybridized carbons (Fsp3) is 0.905. The van der Waals surface area contributed by atoms with Gasteiger partial charge in [-0.3, -0.25) is 0 Å². The lowest BCUT2D eigenvalue weighted by Crippen LogP contribution is -1.95. The number of rotatable bonds is 18. The van der Waals surface area contributed by atoms with Crippen LogP contribution in [-0.4, -0.2) is 13.2 Å². The first kappa shape index (κ1) is 21.7.